The highest BCUT2D eigenvalue weighted by atomic mass is 16.5. The molecular weight excluding hydrogens is 374 g/mol. The molecule has 1 N–H and O–H groups in total. The molecule has 9 heteroatoms. The van der Waals surface area contributed by atoms with E-state index in [1.807, 2.05) is 6.92 Å². The maximum Gasteiger partial charge on any atom is 0.310 e. The largest absolute Gasteiger partial charge is 0.477 e. The fourth-order valence-corrected chi connectivity index (χ4v) is 3.67. The van der Waals surface area contributed by atoms with Crippen LogP contribution in [0.3, 0.4) is 0 Å². The van der Waals surface area contributed by atoms with Crippen LogP contribution in [-0.4, -0.2) is 51.6 Å². The Hall–Kier alpha value is -2.97. The lowest BCUT2D eigenvalue weighted by molar-refractivity contribution is -0.146. The number of aromatic nitrogens is 4. The van der Waals surface area contributed by atoms with Crippen molar-refractivity contribution in [1.29, 1.82) is 0 Å². The number of nitrogens with one attached hydrogen (secondary N) is 1. The van der Waals surface area contributed by atoms with Gasteiger partial charge in [-0.25, -0.2) is 4.68 Å². The van der Waals surface area contributed by atoms with Gasteiger partial charge in [-0.15, -0.1) is 10.2 Å². The van der Waals surface area contributed by atoms with Crippen molar-refractivity contribution in [1.82, 2.24) is 25.3 Å². The first-order chi connectivity index (χ1) is 14.0. The number of amides is 1. The molecule has 0 spiro atoms. The van der Waals surface area contributed by atoms with Crippen molar-refractivity contribution in [2.75, 3.05) is 13.7 Å². The van der Waals surface area contributed by atoms with Gasteiger partial charge < -0.3 is 14.8 Å². The van der Waals surface area contributed by atoms with Crippen molar-refractivity contribution in [3.63, 3.8) is 0 Å². The SMILES string of the molecule is CCOc1ccc(-n2ncc(C(=O)NC3CCCCCC3C(=O)OC)c2C)nn1. The zero-order chi connectivity index (χ0) is 20.8. The average molecular weight is 401 g/mol. The number of carbonyl (C=O) groups excluding carboxylic acids is 2. The van der Waals surface area contributed by atoms with Crippen molar-refractivity contribution in [2.45, 2.75) is 52.0 Å². The Morgan fingerprint density at radius 3 is 2.69 bits per heavy atom. The number of ether oxygens (including phenoxy) is 2. The zero-order valence-electron chi connectivity index (χ0n) is 17.1. The molecule has 156 valence electrons. The van der Waals surface area contributed by atoms with Gasteiger partial charge in [0.25, 0.3) is 5.91 Å². The van der Waals surface area contributed by atoms with Crippen molar-refractivity contribution in [2.24, 2.45) is 5.92 Å². The van der Waals surface area contributed by atoms with Crippen LogP contribution in [0, 0.1) is 12.8 Å². The summed E-state index contributed by atoms with van der Waals surface area (Å²) in [5.74, 6) is 0.0784. The summed E-state index contributed by atoms with van der Waals surface area (Å²) in [5.41, 5.74) is 1.08. The first-order valence-electron chi connectivity index (χ1n) is 9.95. The Labute approximate surface area is 169 Å². The van der Waals surface area contributed by atoms with Gasteiger partial charge in [0.1, 0.15) is 0 Å². The second-order valence-corrected chi connectivity index (χ2v) is 7.07. The van der Waals surface area contributed by atoms with E-state index in [2.05, 4.69) is 20.6 Å². The molecule has 2 unspecified atom stereocenters. The zero-order valence-corrected chi connectivity index (χ0v) is 17.1. The highest BCUT2D eigenvalue weighted by molar-refractivity contribution is 5.95. The van der Waals surface area contributed by atoms with E-state index in [-0.39, 0.29) is 23.8 Å². The van der Waals surface area contributed by atoms with Crippen LogP contribution < -0.4 is 10.1 Å². The third-order valence-electron chi connectivity index (χ3n) is 5.23. The van der Waals surface area contributed by atoms with E-state index in [1.165, 1.54) is 13.3 Å². The van der Waals surface area contributed by atoms with Crippen LogP contribution >= 0.6 is 0 Å². The summed E-state index contributed by atoms with van der Waals surface area (Å²) in [6, 6.07) is 3.20. The van der Waals surface area contributed by atoms with Crippen LogP contribution in [0.15, 0.2) is 18.3 Å². The van der Waals surface area contributed by atoms with Gasteiger partial charge >= 0.3 is 5.97 Å². The molecule has 29 heavy (non-hydrogen) atoms. The van der Waals surface area contributed by atoms with Gasteiger partial charge in [0.05, 0.1) is 37.1 Å². The molecule has 1 aliphatic carbocycles. The van der Waals surface area contributed by atoms with Gasteiger partial charge in [0, 0.05) is 12.1 Å². The molecular formula is C20H27N5O4. The fourth-order valence-electron chi connectivity index (χ4n) is 3.67. The van der Waals surface area contributed by atoms with Gasteiger partial charge in [0.15, 0.2) is 5.82 Å². The molecule has 2 aromatic rings. The molecule has 0 aliphatic heterocycles. The highest BCUT2D eigenvalue weighted by Crippen LogP contribution is 2.25. The van der Waals surface area contributed by atoms with Crippen LogP contribution in [0.1, 0.15) is 55.1 Å². The summed E-state index contributed by atoms with van der Waals surface area (Å²) in [6.45, 7) is 4.18. The summed E-state index contributed by atoms with van der Waals surface area (Å²) in [4.78, 5) is 25.1. The van der Waals surface area contributed by atoms with Gasteiger partial charge in [-0.2, -0.15) is 5.10 Å². The first kappa shape index (κ1) is 20.8. The maximum atomic E-state index is 12.9. The number of esters is 1. The van der Waals surface area contributed by atoms with E-state index < -0.39 is 0 Å². The van der Waals surface area contributed by atoms with E-state index in [9.17, 15) is 9.59 Å². The summed E-state index contributed by atoms with van der Waals surface area (Å²) in [5, 5.41) is 15.4. The Bertz CT molecular complexity index is 849. The minimum Gasteiger partial charge on any atom is -0.477 e. The minimum absolute atomic E-state index is 0.245. The van der Waals surface area contributed by atoms with Crippen molar-refractivity contribution in [3.8, 4) is 11.7 Å². The Kier molecular flexibility index (Phi) is 6.79. The quantitative estimate of drug-likeness (QED) is 0.584. The summed E-state index contributed by atoms with van der Waals surface area (Å²) in [7, 11) is 1.39. The van der Waals surface area contributed by atoms with Gasteiger partial charge in [-0.1, -0.05) is 19.3 Å². The van der Waals surface area contributed by atoms with Crippen molar-refractivity contribution in [3.05, 3.63) is 29.6 Å². The topological polar surface area (TPSA) is 108 Å². The van der Waals surface area contributed by atoms with Crippen LogP contribution in [-0.2, 0) is 9.53 Å². The molecule has 9 nitrogen and oxygen atoms in total. The third-order valence-corrected chi connectivity index (χ3v) is 5.23. The minimum atomic E-state index is -0.321. The molecule has 1 saturated carbocycles. The maximum absolute atomic E-state index is 12.9. The number of rotatable bonds is 6. The molecule has 0 bridgehead atoms. The number of hydrogen-bond donors (Lipinski definition) is 1. The monoisotopic (exact) mass is 401 g/mol. The predicted octanol–water partition coefficient (Wildman–Crippen LogP) is 2.22. The lowest BCUT2D eigenvalue weighted by Gasteiger charge is -2.24. The molecule has 1 aliphatic rings. The second-order valence-electron chi connectivity index (χ2n) is 7.07. The Morgan fingerprint density at radius 1 is 1.21 bits per heavy atom. The number of carbonyl (C=O) groups is 2. The average Bonchev–Trinajstić information content (AvgIpc) is 2.96. The summed E-state index contributed by atoms with van der Waals surface area (Å²) in [6.07, 6.45) is 5.96. The van der Waals surface area contributed by atoms with E-state index in [1.54, 1.807) is 23.7 Å². The standard InChI is InChI=1S/C20H27N5O4/c1-4-29-18-11-10-17(23-24-18)25-13(2)15(12-21-25)19(26)22-16-9-7-5-6-8-14(16)20(27)28-3/h10-12,14,16H,4-9H2,1-3H3,(H,22,26). The van der Waals surface area contributed by atoms with Crippen LogP contribution in [0.4, 0.5) is 0 Å². The number of hydrogen-bond acceptors (Lipinski definition) is 7. The molecule has 0 aromatic carbocycles. The van der Waals surface area contributed by atoms with Crippen LogP contribution in [0.5, 0.6) is 5.88 Å². The van der Waals surface area contributed by atoms with Crippen molar-refractivity contribution < 1.29 is 19.1 Å². The molecule has 3 rings (SSSR count). The van der Waals surface area contributed by atoms with E-state index in [0.29, 0.717) is 29.6 Å². The fraction of sp³-hybridized carbons (Fsp3) is 0.550. The summed E-state index contributed by atoms with van der Waals surface area (Å²) >= 11 is 0. The molecule has 0 radical (unpaired) electrons. The number of nitrogens with zero attached hydrogens (tertiary/aromatic N) is 4. The molecule has 2 aromatic heterocycles. The Morgan fingerprint density at radius 2 is 2.00 bits per heavy atom. The Balaban J connectivity index is 1.76. The molecule has 2 heterocycles. The molecule has 1 fully saturated rings. The van der Waals surface area contributed by atoms with Crippen LogP contribution in [0.2, 0.25) is 0 Å². The number of methoxy groups -OCH3 is 1. The first-order valence-corrected chi connectivity index (χ1v) is 9.95. The smallest absolute Gasteiger partial charge is 0.310 e. The van der Waals surface area contributed by atoms with Gasteiger partial charge in [-0.3, -0.25) is 9.59 Å². The summed E-state index contributed by atoms with van der Waals surface area (Å²) < 4.78 is 11.8. The molecule has 2 atom stereocenters. The van der Waals surface area contributed by atoms with E-state index in [4.69, 9.17) is 9.47 Å². The van der Waals surface area contributed by atoms with Gasteiger partial charge in [-0.05, 0) is 32.8 Å². The second kappa shape index (κ2) is 9.49. The molecule has 1 amide bonds. The predicted molar refractivity (Wildman–Crippen MR) is 105 cm³/mol. The lowest BCUT2D eigenvalue weighted by atomic mass is 9.94. The van der Waals surface area contributed by atoms with E-state index in [0.717, 1.165) is 32.1 Å². The molecule has 0 saturated heterocycles. The normalized spacial score (nSPS) is 19.3. The van der Waals surface area contributed by atoms with Gasteiger partial charge in [0.2, 0.25) is 5.88 Å². The van der Waals surface area contributed by atoms with Crippen LogP contribution in [0.25, 0.3) is 5.82 Å². The lowest BCUT2D eigenvalue weighted by Crippen LogP contribution is -2.43. The highest BCUT2D eigenvalue weighted by Gasteiger charge is 2.32. The van der Waals surface area contributed by atoms with Crippen molar-refractivity contribution >= 4 is 11.9 Å². The third kappa shape index (κ3) is 4.72. The van der Waals surface area contributed by atoms with E-state index >= 15 is 0 Å².